The molecule has 1 aliphatic heterocycles. The van der Waals surface area contributed by atoms with E-state index in [1.807, 2.05) is 115 Å². The molecule has 68 heavy (non-hydrogen) atoms. The van der Waals surface area contributed by atoms with Gasteiger partial charge in [-0.15, -0.1) is 0 Å². The van der Waals surface area contributed by atoms with Crippen molar-refractivity contribution < 1.29 is 32.8 Å². The van der Waals surface area contributed by atoms with E-state index in [1.165, 1.54) is 6.33 Å². The van der Waals surface area contributed by atoms with Crippen LogP contribution in [0.2, 0.25) is 0 Å². The van der Waals surface area contributed by atoms with E-state index in [0.717, 1.165) is 34.0 Å². The van der Waals surface area contributed by atoms with Crippen LogP contribution in [0.25, 0.3) is 11.2 Å². The van der Waals surface area contributed by atoms with Crippen LogP contribution in [0.4, 0.5) is 11.6 Å². The normalized spacial score (nSPS) is 16.6. The van der Waals surface area contributed by atoms with E-state index >= 15 is 0 Å². The zero-order valence-corrected chi connectivity index (χ0v) is 40.4. The molecule has 0 saturated carbocycles. The molecular formula is C52H59N8O7P. The molecule has 8 rings (SSSR count). The molecule has 1 amide bonds. The molecule has 3 aromatic heterocycles. The Bertz CT molecular complexity index is 2620. The van der Waals surface area contributed by atoms with Gasteiger partial charge in [-0.05, 0) is 92.9 Å². The molecule has 1 fully saturated rings. The summed E-state index contributed by atoms with van der Waals surface area (Å²) in [4.78, 5) is 33.7. The van der Waals surface area contributed by atoms with E-state index in [4.69, 9.17) is 33.0 Å². The van der Waals surface area contributed by atoms with Crippen LogP contribution in [-0.2, 0) is 24.1 Å². The van der Waals surface area contributed by atoms with Crippen molar-refractivity contribution in [2.45, 2.75) is 70.2 Å². The minimum absolute atomic E-state index is 0.0946. The summed E-state index contributed by atoms with van der Waals surface area (Å²) in [5.74, 6) is 2.28. The third kappa shape index (κ3) is 10.7. The van der Waals surface area contributed by atoms with Gasteiger partial charge in [0.1, 0.15) is 41.6 Å². The first-order valence-corrected chi connectivity index (χ1v) is 23.9. The second kappa shape index (κ2) is 22.2. The van der Waals surface area contributed by atoms with Crippen LogP contribution < -0.4 is 19.7 Å². The number of nitrogens with one attached hydrogen (secondary N) is 1. The van der Waals surface area contributed by atoms with Gasteiger partial charge in [0.25, 0.3) is 14.4 Å². The molecule has 1 saturated heterocycles. The van der Waals surface area contributed by atoms with Gasteiger partial charge in [-0.2, -0.15) is 0 Å². The van der Waals surface area contributed by atoms with Crippen LogP contribution in [0.15, 0.2) is 146 Å². The standard InChI is InChI=1S/C52H59N8O7P/c1-36(2)60(37(3)4)68(65-31-30-58(5)46-20-14-15-29-53-46)67-44-32-47(59-35-56-48-49(54-34-55-50(48)59)57-51(61)38-16-10-8-11-17-38)66-45(44)33-64-52(39-18-12-9-13-19-39,40-21-25-42(62-6)26-22-40)41-23-27-43(63-7)28-24-41/h8-29,34-37,44-45,47H,30-33H2,1-7H3,(H,54,55,57,61)/t44-,45+,47+,68?/m0/s1. The fourth-order valence-corrected chi connectivity index (χ4v) is 10.3. The van der Waals surface area contributed by atoms with Gasteiger partial charge in [-0.3, -0.25) is 9.36 Å². The molecule has 7 aromatic rings. The lowest BCUT2D eigenvalue weighted by molar-refractivity contribution is -0.0912. The van der Waals surface area contributed by atoms with E-state index in [0.29, 0.717) is 36.3 Å². The van der Waals surface area contributed by atoms with Crippen molar-refractivity contribution in [1.29, 1.82) is 0 Å². The van der Waals surface area contributed by atoms with Crippen molar-refractivity contribution in [3.05, 3.63) is 168 Å². The molecule has 1 aliphatic rings. The highest BCUT2D eigenvalue weighted by Gasteiger charge is 2.45. The average Bonchev–Trinajstić information content (AvgIpc) is 3.99. The van der Waals surface area contributed by atoms with E-state index in [1.54, 1.807) is 38.9 Å². The first kappa shape index (κ1) is 48.1. The number of amides is 1. The summed E-state index contributed by atoms with van der Waals surface area (Å²) >= 11 is 0. The van der Waals surface area contributed by atoms with Crippen molar-refractivity contribution in [3.8, 4) is 11.5 Å². The molecule has 4 heterocycles. The molecular weight excluding hydrogens is 880 g/mol. The van der Waals surface area contributed by atoms with E-state index in [2.05, 4.69) is 69.7 Å². The van der Waals surface area contributed by atoms with Gasteiger partial charge in [-0.25, -0.2) is 24.6 Å². The molecule has 354 valence electrons. The van der Waals surface area contributed by atoms with Crippen molar-refractivity contribution in [2.24, 2.45) is 0 Å². The number of fused-ring (bicyclic) bond motifs is 1. The maximum atomic E-state index is 13.3. The van der Waals surface area contributed by atoms with Gasteiger partial charge < -0.3 is 38.2 Å². The lowest BCUT2D eigenvalue weighted by Crippen LogP contribution is -2.40. The predicted octanol–water partition coefficient (Wildman–Crippen LogP) is 9.67. The van der Waals surface area contributed by atoms with Gasteiger partial charge in [0.05, 0.1) is 39.9 Å². The number of nitrogens with zero attached hydrogens (tertiary/aromatic N) is 7. The molecule has 0 bridgehead atoms. The molecule has 16 heteroatoms. The van der Waals surface area contributed by atoms with Gasteiger partial charge in [0, 0.05) is 43.9 Å². The summed E-state index contributed by atoms with van der Waals surface area (Å²) in [6, 6.07) is 41.1. The zero-order chi connectivity index (χ0) is 47.6. The van der Waals surface area contributed by atoms with Gasteiger partial charge in [0.2, 0.25) is 0 Å². The Labute approximate surface area is 399 Å². The molecule has 0 spiro atoms. The van der Waals surface area contributed by atoms with Gasteiger partial charge >= 0.3 is 0 Å². The summed E-state index contributed by atoms with van der Waals surface area (Å²) in [6.07, 6.45) is 3.52. The summed E-state index contributed by atoms with van der Waals surface area (Å²) in [5.41, 5.74) is 2.98. The van der Waals surface area contributed by atoms with Crippen molar-refractivity contribution >= 4 is 37.2 Å². The van der Waals surface area contributed by atoms with Crippen LogP contribution in [0.1, 0.15) is 67.4 Å². The lowest BCUT2D eigenvalue weighted by Gasteiger charge is -2.39. The highest BCUT2D eigenvalue weighted by atomic mass is 31.2. The summed E-state index contributed by atoms with van der Waals surface area (Å²) < 4.78 is 44.0. The number of pyridine rings is 1. The Hall–Kier alpha value is -6.32. The lowest BCUT2D eigenvalue weighted by atomic mass is 9.80. The summed E-state index contributed by atoms with van der Waals surface area (Å²) in [6.45, 7) is 9.69. The third-order valence-corrected chi connectivity index (χ3v) is 14.1. The van der Waals surface area contributed by atoms with Gasteiger partial charge in [0.15, 0.2) is 17.0 Å². The minimum atomic E-state index is -1.65. The number of aromatic nitrogens is 5. The van der Waals surface area contributed by atoms with Gasteiger partial charge in [-0.1, -0.05) is 78.9 Å². The Balaban J connectivity index is 1.17. The summed E-state index contributed by atoms with van der Waals surface area (Å²) in [7, 11) is 3.67. The first-order valence-electron chi connectivity index (χ1n) is 22.8. The monoisotopic (exact) mass is 938 g/mol. The fraction of sp³-hybridized carbons (Fsp3) is 0.327. The highest BCUT2D eigenvalue weighted by Crippen LogP contribution is 2.51. The Kier molecular flexibility index (Phi) is 15.7. The number of rotatable bonds is 21. The summed E-state index contributed by atoms with van der Waals surface area (Å²) in [5, 5.41) is 2.92. The van der Waals surface area contributed by atoms with Crippen LogP contribution in [0.5, 0.6) is 11.5 Å². The quantitative estimate of drug-likeness (QED) is 0.0539. The zero-order valence-electron chi connectivity index (χ0n) is 39.5. The molecule has 15 nitrogen and oxygen atoms in total. The highest BCUT2D eigenvalue weighted by molar-refractivity contribution is 7.44. The minimum Gasteiger partial charge on any atom is -0.497 e. The Morgan fingerprint density at radius 1 is 0.794 bits per heavy atom. The molecule has 1 unspecified atom stereocenters. The van der Waals surface area contributed by atoms with Crippen molar-refractivity contribution in [2.75, 3.05) is 51.2 Å². The number of hydrogen-bond acceptors (Lipinski definition) is 13. The molecule has 4 aromatic carbocycles. The number of likely N-dealkylation sites (N-methyl/N-ethyl adjacent to an activating group) is 1. The number of anilines is 2. The second-order valence-electron chi connectivity index (χ2n) is 16.9. The van der Waals surface area contributed by atoms with Crippen LogP contribution in [-0.4, -0.2) is 100 Å². The number of imidazole rings is 1. The Morgan fingerprint density at radius 3 is 2.01 bits per heavy atom. The number of carbonyl (C=O) groups excluding carboxylic acids is 1. The first-order chi connectivity index (χ1) is 33.1. The smallest absolute Gasteiger partial charge is 0.259 e. The number of hydrogen-bond donors (Lipinski definition) is 1. The number of benzene rings is 4. The van der Waals surface area contributed by atoms with Crippen LogP contribution in [0, 0.1) is 0 Å². The van der Waals surface area contributed by atoms with Crippen LogP contribution in [0.3, 0.4) is 0 Å². The average molecular weight is 939 g/mol. The fourth-order valence-electron chi connectivity index (χ4n) is 8.53. The topological polar surface area (TPSA) is 147 Å². The third-order valence-electron chi connectivity index (χ3n) is 11.9. The van der Waals surface area contributed by atoms with Crippen molar-refractivity contribution in [1.82, 2.24) is 29.2 Å². The maximum absolute atomic E-state index is 13.3. The molecule has 0 aliphatic carbocycles. The van der Waals surface area contributed by atoms with E-state index in [-0.39, 0.29) is 30.4 Å². The predicted molar refractivity (Wildman–Crippen MR) is 264 cm³/mol. The SMILES string of the molecule is COc1ccc(C(OC[C@H]2O[C@@H](n3cnc4c(NC(=O)c5ccccc5)ncnc43)C[C@@H]2OP(OCCN(C)c2ccccn2)N(C(C)C)C(C)C)(c2ccccc2)c2ccc(OC)cc2)cc1. The molecule has 0 radical (unpaired) electrons. The second-order valence-corrected chi connectivity index (χ2v) is 18.3. The number of ether oxygens (including phenoxy) is 4. The largest absolute Gasteiger partial charge is 0.497 e. The molecule has 1 N–H and O–H groups in total. The van der Waals surface area contributed by atoms with Crippen LogP contribution >= 0.6 is 8.53 Å². The van der Waals surface area contributed by atoms with E-state index < -0.39 is 32.6 Å². The maximum Gasteiger partial charge on any atom is 0.259 e. The number of carbonyl (C=O) groups is 1. The van der Waals surface area contributed by atoms with Crippen molar-refractivity contribution in [3.63, 3.8) is 0 Å². The number of methoxy groups -OCH3 is 2. The van der Waals surface area contributed by atoms with E-state index in [9.17, 15) is 4.79 Å². The Morgan fingerprint density at radius 2 is 1.41 bits per heavy atom. The molecule has 4 atom stereocenters.